The second-order valence-corrected chi connectivity index (χ2v) is 17.0. The largest absolute Gasteiger partial charge is 0.455 e. The number of benzene rings is 4. The standard InChI is InChI=1S/C52H64N6O9/c1-2-3-4-5-6-7-8-9-10-11-12-25-34-43(64-49(59)39-28-19-14-20-29-39)46(66-50(60)40-30-21-15-22-31-40)42(55-57-53)36-62-52-45(56-58-54)48(61-35-38-26-17-13-18-27-38)47-44(65-52)37-63-51(67-47)41-32-23-16-24-33-41/h13-24,26-33,42-48,51-52H,2-12,25,34-37H2,1H3/t42-,43+,44+,45-,46-,47+,48+,51?,52+/m0/s1. The van der Waals surface area contributed by atoms with E-state index in [-0.39, 0.29) is 18.8 Å². The van der Waals surface area contributed by atoms with Crippen LogP contribution in [0, 0.1) is 0 Å². The van der Waals surface area contributed by atoms with Gasteiger partial charge < -0.3 is 33.2 Å². The number of hydrogen-bond acceptors (Lipinski definition) is 11. The number of unbranched alkanes of at least 4 members (excludes halogenated alkanes) is 11. The highest BCUT2D eigenvalue weighted by Gasteiger charge is 2.51. The van der Waals surface area contributed by atoms with Gasteiger partial charge in [0.05, 0.1) is 30.9 Å². The molecule has 4 aromatic carbocycles. The summed E-state index contributed by atoms with van der Waals surface area (Å²) >= 11 is 0. The summed E-state index contributed by atoms with van der Waals surface area (Å²) in [6, 6.07) is 33.6. The number of esters is 2. The van der Waals surface area contributed by atoms with Crippen molar-refractivity contribution in [1.82, 2.24) is 0 Å². The Bertz CT molecular complexity index is 2140. The molecule has 15 heteroatoms. The molecule has 0 saturated carbocycles. The number of carbonyl (C=O) groups excluding carboxylic acids is 2. The Labute approximate surface area is 393 Å². The Balaban J connectivity index is 1.23. The van der Waals surface area contributed by atoms with E-state index in [4.69, 9.17) is 33.2 Å². The SMILES string of the molecule is CCCCCCCCCCCCCC[C@@H](OC(=O)c1ccccc1)[C@@H](OC(=O)c1ccccc1)[C@H](CO[C@@H]1O[C@@H]2COC(c3ccccc3)O[C@H]2[C@H](OCc2ccccc2)[C@@H]1N=[N+]=[N-])N=[N+]=[N-]. The van der Waals surface area contributed by atoms with Gasteiger partial charge in [0.2, 0.25) is 0 Å². The predicted octanol–water partition coefficient (Wildman–Crippen LogP) is 12.3. The third-order valence-corrected chi connectivity index (χ3v) is 12.1. The zero-order valence-electron chi connectivity index (χ0n) is 38.4. The zero-order valence-corrected chi connectivity index (χ0v) is 38.4. The van der Waals surface area contributed by atoms with Gasteiger partial charge in [-0.25, -0.2) is 9.59 Å². The molecular formula is C52H64N6O9. The second kappa shape index (κ2) is 28.4. The highest BCUT2D eigenvalue weighted by molar-refractivity contribution is 5.90. The molecule has 0 spiro atoms. The fourth-order valence-corrected chi connectivity index (χ4v) is 8.50. The van der Waals surface area contributed by atoms with Crippen molar-refractivity contribution in [1.29, 1.82) is 0 Å². The van der Waals surface area contributed by atoms with Gasteiger partial charge in [-0.1, -0.05) is 185 Å². The van der Waals surface area contributed by atoms with E-state index in [1.165, 1.54) is 44.9 Å². The topological polar surface area (TPSA) is 196 Å². The Kier molecular flexibility index (Phi) is 21.5. The average molecular weight is 917 g/mol. The molecule has 1 unspecified atom stereocenters. The molecule has 0 aliphatic carbocycles. The molecule has 2 aliphatic heterocycles. The molecule has 15 nitrogen and oxygen atoms in total. The van der Waals surface area contributed by atoms with Gasteiger partial charge in [0.1, 0.15) is 42.6 Å². The number of fused-ring (bicyclic) bond motifs is 1. The second-order valence-electron chi connectivity index (χ2n) is 17.0. The lowest BCUT2D eigenvalue weighted by molar-refractivity contribution is -0.347. The lowest BCUT2D eigenvalue weighted by atomic mass is 9.95. The van der Waals surface area contributed by atoms with Crippen LogP contribution in [0.2, 0.25) is 0 Å². The molecule has 9 atom stereocenters. The van der Waals surface area contributed by atoms with E-state index in [9.17, 15) is 20.7 Å². The van der Waals surface area contributed by atoms with Crippen LogP contribution >= 0.6 is 0 Å². The number of ether oxygens (including phenoxy) is 7. The van der Waals surface area contributed by atoms with Crippen LogP contribution in [0.1, 0.15) is 129 Å². The van der Waals surface area contributed by atoms with Crippen molar-refractivity contribution < 1.29 is 42.7 Å². The Morgan fingerprint density at radius 2 is 1.22 bits per heavy atom. The molecule has 2 saturated heterocycles. The number of azide groups is 2. The maximum atomic E-state index is 13.9. The van der Waals surface area contributed by atoms with Gasteiger partial charge in [0.15, 0.2) is 12.6 Å². The van der Waals surface area contributed by atoms with Crippen LogP contribution in [0.5, 0.6) is 0 Å². The molecule has 67 heavy (non-hydrogen) atoms. The molecule has 4 aromatic rings. The van der Waals surface area contributed by atoms with Gasteiger partial charge in [-0.2, -0.15) is 0 Å². The van der Waals surface area contributed by atoms with Crippen molar-refractivity contribution in [2.45, 2.75) is 152 Å². The van der Waals surface area contributed by atoms with Crippen LogP contribution in [-0.2, 0) is 39.8 Å². The van der Waals surface area contributed by atoms with Crippen molar-refractivity contribution in [3.8, 4) is 0 Å². The van der Waals surface area contributed by atoms with Crippen molar-refractivity contribution in [3.63, 3.8) is 0 Å². The summed E-state index contributed by atoms with van der Waals surface area (Å²) in [6.45, 7) is 2.08. The molecular weight excluding hydrogens is 853 g/mol. The third-order valence-electron chi connectivity index (χ3n) is 12.1. The smallest absolute Gasteiger partial charge is 0.338 e. The van der Waals surface area contributed by atoms with E-state index in [0.29, 0.717) is 18.4 Å². The van der Waals surface area contributed by atoms with Crippen molar-refractivity contribution in [2.24, 2.45) is 10.2 Å². The summed E-state index contributed by atoms with van der Waals surface area (Å²) in [4.78, 5) is 34.0. The highest BCUT2D eigenvalue weighted by Crippen LogP contribution is 2.37. The predicted molar refractivity (Wildman–Crippen MR) is 252 cm³/mol. The van der Waals surface area contributed by atoms with Crippen molar-refractivity contribution >= 4 is 11.9 Å². The van der Waals surface area contributed by atoms with E-state index in [0.717, 1.165) is 36.8 Å². The fraction of sp³-hybridized carbons (Fsp3) is 0.500. The number of nitrogens with zero attached hydrogens (tertiary/aromatic N) is 6. The molecule has 0 amide bonds. The van der Waals surface area contributed by atoms with Crippen LogP contribution in [0.3, 0.4) is 0 Å². The first-order valence-electron chi connectivity index (χ1n) is 23.8. The minimum Gasteiger partial charge on any atom is -0.455 e. The molecule has 0 radical (unpaired) electrons. The van der Waals surface area contributed by atoms with Gasteiger partial charge in [-0.05, 0) is 53.7 Å². The average Bonchev–Trinajstić information content (AvgIpc) is 3.37. The molecule has 2 aliphatic rings. The Morgan fingerprint density at radius 3 is 1.81 bits per heavy atom. The van der Waals surface area contributed by atoms with E-state index in [1.807, 2.05) is 60.7 Å². The van der Waals surface area contributed by atoms with E-state index in [2.05, 4.69) is 27.0 Å². The summed E-state index contributed by atoms with van der Waals surface area (Å²) in [7, 11) is 0. The first kappa shape index (κ1) is 50.6. The molecule has 0 aromatic heterocycles. The van der Waals surface area contributed by atoms with Crippen LogP contribution in [0.4, 0.5) is 0 Å². The summed E-state index contributed by atoms with van der Waals surface area (Å²) in [5.41, 5.74) is 22.2. The van der Waals surface area contributed by atoms with Gasteiger partial charge >= 0.3 is 11.9 Å². The van der Waals surface area contributed by atoms with E-state index < -0.39 is 73.7 Å². The van der Waals surface area contributed by atoms with Gasteiger partial charge in [0.25, 0.3) is 0 Å². The molecule has 6 rings (SSSR count). The molecule has 0 bridgehead atoms. The summed E-state index contributed by atoms with van der Waals surface area (Å²) in [5.74, 6) is -1.33. The van der Waals surface area contributed by atoms with Crippen molar-refractivity contribution in [2.75, 3.05) is 13.2 Å². The first-order valence-corrected chi connectivity index (χ1v) is 23.8. The van der Waals surface area contributed by atoms with Gasteiger partial charge in [-0.15, -0.1) is 0 Å². The maximum absolute atomic E-state index is 13.9. The van der Waals surface area contributed by atoms with Crippen LogP contribution in [0.15, 0.2) is 132 Å². The molecule has 356 valence electrons. The minimum atomic E-state index is -1.31. The maximum Gasteiger partial charge on any atom is 0.338 e. The Hall–Kier alpha value is -5.76. The van der Waals surface area contributed by atoms with Crippen molar-refractivity contribution in [3.05, 3.63) is 164 Å². The van der Waals surface area contributed by atoms with Gasteiger partial charge in [0, 0.05) is 15.4 Å². The fourth-order valence-electron chi connectivity index (χ4n) is 8.50. The van der Waals surface area contributed by atoms with Crippen LogP contribution < -0.4 is 0 Å². The minimum absolute atomic E-state index is 0.0892. The van der Waals surface area contributed by atoms with Gasteiger partial charge in [-0.3, -0.25) is 0 Å². The molecule has 2 fully saturated rings. The van der Waals surface area contributed by atoms with Crippen LogP contribution in [0.25, 0.3) is 20.9 Å². The Morgan fingerprint density at radius 1 is 0.672 bits per heavy atom. The molecule has 0 N–H and O–H groups in total. The van der Waals surface area contributed by atoms with Crippen LogP contribution in [-0.4, -0.2) is 74.0 Å². The molecule has 2 heterocycles. The number of rotatable bonds is 28. The number of hydrogen-bond donors (Lipinski definition) is 0. The van der Waals surface area contributed by atoms with E-state index >= 15 is 0 Å². The lowest BCUT2D eigenvalue weighted by Crippen LogP contribution is -2.62. The highest BCUT2D eigenvalue weighted by atomic mass is 16.8. The van der Waals surface area contributed by atoms with E-state index in [1.54, 1.807) is 60.7 Å². The first-order chi connectivity index (χ1) is 33.0. The quantitative estimate of drug-likeness (QED) is 0.0175. The third kappa shape index (κ3) is 15.9. The summed E-state index contributed by atoms with van der Waals surface area (Å²) in [5, 5.41) is 8.24. The zero-order chi connectivity index (χ0) is 46.9. The normalized spacial score (nSPS) is 21.3. The summed E-state index contributed by atoms with van der Waals surface area (Å²) < 4.78 is 44.6. The monoisotopic (exact) mass is 916 g/mol. The lowest BCUT2D eigenvalue weighted by Gasteiger charge is -2.48. The number of carbonyl (C=O) groups is 2. The summed E-state index contributed by atoms with van der Waals surface area (Å²) in [6.07, 6.45) is 7.15.